The first-order valence-corrected chi connectivity index (χ1v) is 14.3. The van der Waals surface area contributed by atoms with Crippen molar-refractivity contribution in [3.05, 3.63) is 0 Å². The van der Waals surface area contributed by atoms with E-state index < -0.39 is 23.5 Å². The van der Waals surface area contributed by atoms with Crippen LogP contribution in [0.5, 0.6) is 0 Å². The number of nitrogens with one attached hydrogen (secondary N) is 2. The molecule has 4 fully saturated rings. The average molecular weight is 545 g/mol. The van der Waals surface area contributed by atoms with Crippen molar-refractivity contribution in [2.75, 3.05) is 14.1 Å². The number of carbonyl (C=O) groups is 2. The van der Waals surface area contributed by atoms with Crippen molar-refractivity contribution < 1.29 is 27.8 Å². The van der Waals surface area contributed by atoms with E-state index in [0.29, 0.717) is 12.8 Å². The van der Waals surface area contributed by atoms with Crippen LogP contribution < -0.4 is 10.6 Å². The molecule has 2 N–H and O–H groups in total. The summed E-state index contributed by atoms with van der Waals surface area (Å²) in [7, 11) is 3.58. The number of alkyl halides is 2. The minimum atomic E-state index is -1.01. The summed E-state index contributed by atoms with van der Waals surface area (Å²) in [6.45, 7) is 11.0. The molecule has 4 bridgehead atoms. The van der Waals surface area contributed by atoms with E-state index in [1.165, 1.54) is 0 Å². The smallest absolute Gasteiger partial charge is 0.410 e. The summed E-state index contributed by atoms with van der Waals surface area (Å²) in [5.74, 6) is 0. The number of amides is 2. The molecule has 8 atom stereocenters. The summed E-state index contributed by atoms with van der Waals surface area (Å²) in [4.78, 5) is 27.9. The molecule has 220 valence electrons. The lowest BCUT2D eigenvalue weighted by molar-refractivity contribution is -0.0503. The highest BCUT2D eigenvalue weighted by atomic mass is 19.1. The number of carbonyl (C=O) groups excluding carboxylic acids is 2. The Kier molecular flexibility index (Phi) is 9.93. The molecular formula is C28H50F2N4O4. The first kappa shape index (κ1) is 30.9. The molecule has 10 heteroatoms. The lowest BCUT2D eigenvalue weighted by Gasteiger charge is -2.50. The normalized spacial score (nSPS) is 35.1. The molecule has 0 aliphatic carbocycles. The van der Waals surface area contributed by atoms with E-state index in [1.54, 1.807) is 23.9 Å². The van der Waals surface area contributed by atoms with E-state index in [9.17, 15) is 18.4 Å². The van der Waals surface area contributed by atoms with Crippen molar-refractivity contribution in [1.29, 1.82) is 0 Å². The van der Waals surface area contributed by atoms with E-state index in [4.69, 9.17) is 9.47 Å². The van der Waals surface area contributed by atoms with Gasteiger partial charge in [0.05, 0.1) is 12.1 Å². The van der Waals surface area contributed by atoms with Crippen LogP contribution in [0, 0.1) is 0 Å². The maximum Gasteiger partial charge on any atom is 0.410 e. The van der Waals surface area contributed by atoms with E-state index in [2.05, 4.69) is 10.6 Å². The van der Waals surface area contributed by atoms with Gasteiger partial charge in [0.15, 0.2) is 0 Å². The maximum atomic E-state index is 14.5. The SMILES string of the molecule is CN[C@@H]1C[C@H]2CCC[C@@H]([C@@H]1F)N2C(=O)OC(C)(C)C.CN[C@H]1C[C@@H]2CCC[C@H]([C@H]1F)N2C(=O)OC(C)(C)C. The average Bonchev–Trinajstić information content (AvgIpc) is 2.81. The number of nitrogens with zero attached hydrogens (tertiary/aromatic N) is 2. The van der Waals surface area contributed by atoms with E-state index in [-0.39, 0.29) is 48.4 Å². The van der Waals surface area contributed by atoms with Gasteiger partial charge in [0.25, 0.3) is 0 Å². The van der Waals surface area contributed by atoms with Gasteiger partial charge >= 0.3 is 12.2 Å². The molecule has 0 aromatic rings. The van der Waals surface area contributed by atoms with Gasteiger partial charge in [-0.3, -0.25) is 9.80 Å². The summed E-state index contributed by atoms with van der Waals surface area (Å²) in [6, 6.07) is -0.737. The van der Waals surface area contributed by atoms with Crippen LogP contribution in [0.1, 0.15) is 92.9 Å². The van der Waals surface area contributed by atoms with Crippen LogP contribution in [-0.4, -0.2) is 95.9 Å². The molecule has 4 aliphatic rings. The van der Waals surface area contributed by atoms with Crippen LogP contribution >= 0.6 is 0 Å². The first-order valence-electron chi connectivity index (χ1n) is 14.3. The molecule has 4 rings (SSSR count). The third-order valence-corrected chi connectivity index (χ3v) is 8.08. The molecule has 8 nitrogen and oxygen atoms in total. The van der Waals surface area contributed by atoms with Gasteiger partial charge < -0.3 is 20.1 Å². The van der Waals surface area contributed by atoms with Crippen LogP contribution in [0.25, 0.3) is 0 Å². The van der Waals surface area contributed by atoms with Crippen molar-refractivity contribution >= 4 is 12.2 Å². The number of fused-ring (bicyclic) bond motifs is 4. The lowest BCUT2D eigenvalue weighted by Crippen LogP contribution is -2.64. The lowest BCUT2D eigenvalue weighted by atomic mass is 9.81. The summed E-state index contributed by atoms with van der Waals surface area (Å²) in [5.41, 5.74) is -1.06. The summed E-state index contributed by atoms with van der Waals surface area (Å²) in [5, 5.41) is 6.07. The minimum absolute atomic E-state index is 0.109. The number of hydrogen-bond acceptors (Lipinski definition) is 6. The second kappa shape index (κ2) is 12.2. The minimum Gasteiger partial charge on any atom is -0.444 e. The zero-order valence-electron chi connectivity index (χ0n) is 24.6. The van der Waals surface area contributed by atoms with E-state index in [1.807, 2.05) is 41.5 Å². The molecule has 4 saturated heterocycles. The highest BCUT2D eigenvalue weighted by Gasteiger charge is 2.49. The number of piperidine rings is 4. The third kappa shape index (κ3) is 7.29. The van der Waals surface area contributed by atoms with Gasteiger partial charge in [0.1, 0.15) is 23.5 Å². The van der Waals surface area contributed by atoms with Gasteiger partial charge in [-0.05, 0) is 107 Å². The topological polar surface area (TPSA) is 83.1 Å². The van der Waals surface area contributed by atoms with Crippen LogP contribution in [0.3, 0.4) is 0 Å². The van der Waals surface area contributed by atoms with Crippen LogP contribution in [-0.2, 0) is 9.47 Å². The molecule has 0 aromatic carbocycles. The molecular weight excluding hydrogens is 494 g/mol. The molecule has 4 aliphatic heterocycles. The molecule has 4 heterocycles. The molecule has 0 spiro atoms. The quantitative estimate of drug-likeness (QED) is 0.512. The Balaban J connectivity index is 0.000000211. The van der Waals surface area contributed by atoms with Crippen molar-refractivity contribution in [3.8, 4) is 0 Å². The monoisotopic (exact) mass is 544 g/mol. The fourth-order valence-electron chi connectivity index (χ4n) is 6.45. The maximum absolute atomic E-state index is 14.5. The predicted octanol–water partition coefficient (Wildman–Crippen LogP) is 4.95. The van der Waals surface area contributed by atoms with Crippen LogP contribution in [0.4, 0.5) is 18.4 Å². The Hall–Kier alpha value is -1.68. The highest BCUT2D eigenvalue weighted by Crippen LogP contribution is 2.38. The Labute approximate surface area is 227 Å². The van der Waals surface area contributed by atoms with Crippen molar-refractivity contribution in [2.45, 2.75) is 153 Å². The molecule has 0 unspecified atom stereocenters. The summed E-state index contributed by atoms with van der Waals surface area (Å²) >= 11 is 0. The zero-order chi connectivity index (χ0) is 28.4. The van der Waals surface area contributed by atoms with Crippen molar-refractivity contribution in [2.24, 2.45) is 0 Å². The largest absolute Gasteiger partial charge is 0.444 e. The van der Waals surface area contributed by atoms with E-state index >= 15 is 0 Å². The number of ether oxygens (including phenoxy) is 2. The van der Waals surface area contributed by atoms with Gasteiger partial charge in [-0.15, -0.1) is 0 Å². The molecule has 0 aromatic heterocycles. The predicted molar refractivity (Wildman–Crippen MR) is 144 cm³/mol. The second-order valence-corrected chi connectivity index (χ2v) is 13.2. The van der Waals surface area contributed by atoms with Gasteiger partial charge in [0, 0.05) is 24.2 Å². The Morgan fingerprint density at radius 3 is 1.32 bits per heavy atom. The fraction of sp³-hybridized carbons (Fsp3) is 0.929. The number of rotatable bonds is 2. The zero-order valence-corrected chi connectivity index (χ0v) is 24.6. The van der Waals surface area contributed by atoms with Crippen molar-refractivity contribution in [1.82, 2.24) is 20.4 Å². The summed E-state index contributed by atoms with van der Waals surface area (Å²) in [6.07, 6.45) is 3.95. The van der Waals surface area contributed by atoms with Crippen molar-refractivity contribution in [3.63, 3.8) is 0 Å². The molecule has 38 heavy (non-hydrogen) atoms. The van der Waals surface area contributed by atoms with Gasteiger partial charge in [-0.1, -0.05) is 0 Å². The summed E-state index contributed by atoms with van der Waals surface area (Å²) < 4.78 is 39.8. The second-order valence-electron chi connectivity index (χ2n) is 13.2. The van der Waals surface area contributed by atoms with Crippen LogP contribution in [0.2, 0.25) is 0 Å². The first-order chi connectivity index (χ1) is 17.7. The van der Waals surface area contributed by atoms with Gasteiger partial charge in [0.2, 0.25) is 0 Å². The fourth-order valence-corrected chi connectivity index (χ4v) is 6.45. The highest BCUT2D eigenvalue weighted by molar-refractivity contribution is 5.70. The standard InChI is InChI=1S/2C14H25FN2O2/c2*1-14(2,3)19-13(18)17-9-6-5-7-11(17)12(15)10(8-9)16-4/h2*9-12,16H,5-8H2,1-4H3/t2*9-,10-,11+,12-/m10/s1. The Bertz CT molecular complexity index is 752. The number of hydrogen-bond donors (Lipinski definition) is 2. The Morgan fingerprint density at radius 2 is 1.03 bits per heavy atom. The third-order valence-electron chi connectivity index (χ3n) is 8.08. The Morgan fingerprint density at radius 1 is 0.684 bits per heavy atom. The van der Waals surface area contributed by atoms with E-state index in [0.717, 1.165) is 38.5 Å². The molecule has 2 amide bonds. The molecule has 0 radical (unpaired) electrons. The number of halogens is 2. The van der Waals surface area contributed by atoms with Gasteiger partial charge in [-0.25, -0.2) is 18.4 Å². The van der Waals surface area contributed by atoms with Crippen LogP contribution in [0.15, 0.2) is 0 Å². The molecule has 0 saturated carbocycles. The van der Waals surface area contributed by atoms with Gasteiger partial charge in [-0.2, -0.15) is 0 Å².